The molecule has 0 aromatic rings. The van der Waals surface area contributed by atoms with Gasteiger partial charge in [-0.3, -0.25) is 19.3 Å². The molecule has 5 fully saturated rings. The van der Waals surface area contributed by atoms with E-state index >= 15 is 0 Å². The van der Waals surface area contributed by atoms with Gasteiger partial charge in [-0.15, -0.1) is 0 Å². The van der Waals surface area contributed by atoms with Crippen molar-refractivity contribution in [2.75, 3.05) is 32.8 Å². The normalized spacial score (nSPS) is 37.8. The lowest BCUT2D eigenvalue weighted by Crippen LogP contribution is -2.49. The molecule has 7 unspecified atom stereocenters. The predicted octanol–water partition coefficient (Wildman–Crippen LogP) is 0.408. The highest BCUT2D eigenvalue weighted by Crippen LogP contribution is 2.51. The first-order chi connectivity index (χ1) is 15.5. The summed E-state index contributed by atoms with van der Waals surface area (Å²) in [6.45, 7) is 4.25. The van der Waals surface area contributed by atoms with Gasteiger partial charge in [0.15, 0.2) is 18.5 Å². The molecule has 0 aromatic heterocycles. The SMILES string of the molecule is CC(OC(=O)C1C2OC3C(OC(=O)C31)C2OC(=O)CN1CCOCC1)OC1CCCCC1. The van der Waals surface area contributed by atoms with Crippen LogP contribution in [0.25, 0.3) is 0 Å². The number of hydrogen-bond donors (Lipinski definition) is 0. The van der Waals surface area contributed by atoms with Crippen LogP contribution in [0.5, 0.6) is 0 Å². The first-order valence-electron chi connectivity index (χ1n) is 11.7. The molecule has 178 valence electrons. The van der Waals surface area contributed by atoms with E-state index in [0.717, 1.165) is 25.7 Å². The number of carbonyl (C=O) groups excluding carboxylic acids is 3. The van der Waals surface area contributed by atoms with E-state index < -0.39 is 60.4 Å². The maximum atomic E-state index is 13.0. The third-order valence-electron chi connectivity index (χ3n) is 7.12. The Morgan fingerprint density at radius 1 is 1.09 bits per heavy atom. The highest BCUT2D eigenvalue weighted by Gasteiger charge is 2.72. The van der Waals surface area contributed by atoms with Crippen molar-refractivity contribution in [1.29, 1.82) is 0 Å². The predicted molar refractivity (Wildman–Crippen MR) is 106 cm³/mol. The number of esters is 3. The summed E-state index contributed by atoms with van der Waals surface area (Å²) in [5, 5.41) is 0. The van der Waals surface area contributed by atoms with Crippen LogP contribution in [0.3, 0.4) is 0 Å². The summed E-state index contributed by atoms with van der Waals surface area (Å²) in [6, 6.07) is 0. The van der Waals surface area contributed by atoms with Crippen LogP contribution in [0.1, 0.15) is 39.0 Å². The summed E-state index contributed by atoms with van der Waals surface area (Å²) in [4.78, 5) is 40.0. The lowest BCUT2D eigenvalue weighted by molar-refractivity contribution is -0.196. The molecule has 2 bridgehead atoms. The lowest BCUT2D eigenvalue weighted by Gasteiger charge is -2.30. The Balaban J connectivity index is 1.20. The molecule has 0 radical (unpaired) electrons. The van der Waals surface area contributed by atoms with Gasteiger partial charge in [0.05, 0.1) is 25.9 Å². The fraction of sp³-hybridized carbons (Fsp3) is 0.864. The van der Waals surface area contributed by atoms with Crippen molar-refractivity contribution in [3.63, 3.8) is 0 Å². The Labute approximate surface area is 186 Å². The van der Waals surface area contributed by atoms with Gasteiger partial charge < -0.3 is 28.4 Å². The Bertz CT molecular complexity index is 733. The van der Waals surface area contributed by atoms with E-state index in [1.165, 1.54) is 6.42 Å². The van der Waals surface area contributed by atoms with Gasteiger partial charge in [-0.05, 0) is 19.8 Å². The maximum absolute atomic E-state index is 13.0. The highest BCUT2D eigenvalue weighted by molar-refractivity contribution is 5.87. The van der Waals surface area contributed by atoms with E-state index in [1.54, 1.807) is 6.92 Å². The zero-order valence-electron chi connectivity index (χ0n) is 18.3. The van der Waals surface area contributed by atoms with Crippen LogP contribution in [0, 0.1) is 11.8 Å². The van der Waals surface area contributed by atoms with Crippen LogP contribution in [-0.4, -0.2) is 92.5 Å². The smallest absolute Gasteiger partial charge is 0.320 e. The minimum atomic E-state index is -0.871. The molecule has 32 heavy (non-hydrogen) atoms. The summed E-state index contributed by atoms with van der Waals surface area (Å²) in [5.41, 5.74) is 0. The van der Waals surface area contributed by atoms with Gasteiger partial charge in [-0.1, -0.05) is 19.3 Å². The lowest BCUT2D eigenvalue weighted by atomic mass is 9.78. The Morgan fingerprint density at radius 3 is 2.59 bits per heavy atom. The van der Waals surface area contributed by atoms with E-state index in [0.29, 0.717) is 26.3 Å². The van der Waals surface area contributed by atoms with Crippen LogP contribution in [0.15, 0.2) is 0 Å². The second-order valence-electron chi connectivity index (χ2n) is 9.26. The van der Waals surface area contributed by atoms with E-state index in [4.69, 9.17) is 28.4 Å². The number of nitrogens with zero attached hydrogens (tertiary/aromatic N) is 1. The molecule has 5 aliphatic rings. The zero-order valence-corrected chi connectivity index (χ0v) is 18.3. The molecule has 4 aliphatic heterocycles. The molecule has 0 aromatic carbocycles. The van der Waals surface area contributed by atoms with E-state index in [9.17, 15) is 14.4 Å². The molecule has 4 heterocycles. The minimum Gasteiger partial charge on any atom is -0.455 e. The Hall–Kier alpha value is -1.75. The molecule has 0 N–H and O–H groups in total. The van der Waals surface area contributed by atoms with Crippen LogP contribution >= 0.6 is 0 Å². The number of morpholine rings is 1. The van der Waals surface area contributed by atoms with Crippen molar-refractivity contribution in [2.45, 2.75) is 75.8 Å². The van der Waals surface area contributed by atoms with Gasteiger partial charge in [0, 0.05) is 13.1 Å². The van der Waals surface area contributed by atoms with Crippen LogP contribution < -0.4 is 0 Å². The molecule has 10 heteroatoms. The average Bonchev–Trinajstić information content (AvgIpc) is 3.39. The molecule has 0 spiro atoms. The zero-order chi connectivity index (χ0) is 22.2. The van der Waals surface area contributed by atoms with Crippen molar-refractivity contribution in [3.05, 3.63) is 0 Å². The molecule has 1 aliphatic carbocycles. The fourth-order valence-electron chi connectivity index (χ4n) is 5.61. The van der Waals surface area contributed by atoms with E-state index in [1.807, 2.05) is 4.90 Å². The Kier molecular flexibility index (Phi) is 6.37. The van der Waals surface area contributed by atoms with Gasteiger partial charge >= 0.3 is 17.9 Å². The summed E-state index contributed by atoms with van der Waals surface area (Å²) in [6.07, 6.45) is 1.84. The third kappa shape index (κ3) is 4.25. The topological polar surface area (TPSA) is 110 Å². The first-order valence-corrected chi connectivity index (χ1v) is 11.7. The van der Waals surface area contributed by atoms with E-state index in [-0.39, 0.29) is 12.6 Å². The van der Waals surface area contributed by atoms with Crippen LogP contribution in [0.4, 0.5) is 0 Å². The second-order valence-corrected chi connectivity index (χ2v) is 9.26. The largest absolute Gasteiger partial charge is 0.455 e. The monoisotopic (exact) mass is 453 g/mol. The van der Waals surface area contributed by atoms with Crippen LogP contribution in [0.2, 0.25) is 0 Å². The first kappa shape index (κ1) is 22.1. The number of rotatable bonds is 7. The van der Waals surface area contributed by atoms with Gasteiger partial charge in [-0.2, -0.15) is 0 Å². The molecule has 0 amide bonds. The quantitative estimate of drug-likeness (QED) is 0.305. The van der Waals surface area contributed by atoms with Gasteiger partial charge in [0.1, 0.15) is 24.0 Å². The average molecular weight is 453 g/mol. The van der Waals surface area contributed by atoms with Crippen LogP contribution in [-0.2, 0) is 42.8 Å². The molecular formula is C22H31NO9. The molecular weight excluding hydrogens is 422 g/mol. The third-order valence-corrected chi connectivity index (χ3v) is 7.12. The summed E-state index contributed by atoms with van der Waals surface area (Å²) in [5.74, 6) is -3.11. The van der Waals surface area contributed by atoms with Crippen molar-refractivity contribution < 1.29 is 42.8 Å². The summed E-state index contributed by atoms with van der Waals surface area (Å²) >= 11 is 0. The standard InChI is InChI=1S/C22H31NO9/c1-12(28-13-5-3-2-4-6-13)29-21(25)15-16-18-20(32-22(16)26)19(17(15)31-18)30-14(24)11-23-7-9-27-10-8-23/h12-13,15-20H,2-11H2,1H3. The van der Waals surface area contributed by atoms with Gasteiger partial charge in [0.2, 0.25) is 0 Å². The molecule has 7 atom stereocenters. The fourth-order valence-corrected chi connectivity index (χ4v) is 5.61. The number of ether oxygens (including phenoxy) is 6. The number of carbonyl (C=O) groups is 3. The van der Waals surface area contributed by atoms with Crippen molar-refractivity contribution in [1.82, 2.24) is 4.90 Å². The summed E-state index contributed by atoms with van der Waals surface area (Å²) < 4.78 is 33.7. The minimum absolute atomic E-state index is 0.0811. The molecule has 1 saturated carbocycles. The molecule has 4 saturated heterocycles. The van der Waals surface area contributed by atoms with Crippen molar-refractivity contribution in [3.8, 4) is 0 Å². The van der Waals surface area contributed by atoms with Crippen molar-refractivity contribution in [2.24, 2.45) is 11.8 Å². The second kappa shape index (κ2) is 9.24. The van der Waals surface area contributed by atoms with Gasteiger partial charge in [0.25, 0.3) is 0 Å². The molecule has 10 nitrogen and oxygen atoms in total. The number of fused-ring (bicyclic) bond motifs is 1. The summed E-state index contributed by atoms with van der Waals surface area (Å²) in [7, 11) is 0. The highest BCUT2D eigenvalue weighted by atomic mass is 16.7. The van der Waals surface area contributed by atoms with E-state index in [2.05, 4.69) is 0 Å². The maximum Gasteiger partial charge on any atom is 0.320 e. The number of hydrogen-bond acceptors (Lipinski definition) is 10. The molecule has 5 rings (SSSR count). The van der Waals surface area contributed by atoms with Gasteiger partial charge in [-0.25, -0.2) is 0 Å². The Morgan fingerprint density at radius 2 is 1.84 bits per heavy atom. The van der Waals surface area contributed by atoms with Crippen molar-refractivity contribution >= 4 is 17.9 Å².